The first-order valence-electron chi connectivity index (χ1n) is 8.19. The van der Waals surface area contributed by atoms with Gasteiger partial charge < -0.3 is 9.72 Å². The molecule has 5 heteroatoms. The molecule has 0 spiro atoms. The lowest BCUT2D eigenvalue weighted by atomic mass is 9.98. The third-order valence-corrected chi connectivity index (χ3v) is 5.09. The Hall–Kier alpha value is -2.59. The van der Waals surface area contributed by atoms with Gasteiger partial charge in [0.25, 0.3) is 0 Å². The number of benzene rings is 2. The smallest absolute Gasteiger partial charge is 0.341 e. The fraction of sp³-hybridized carbons (Fsp3) is 0.200. The van der Waals surface area contributed by atoms with E-state index in [2.05, 4.69) is 22.1 Å². The third kappa shape index (κ3) is 2.21. The van der Waals surface area contributed by atoms with E-state index in [1.54, 1.807) is 6.92 Å². The number of aryl methyl sites for hydroxylation is 2. The van der Waals surface area contributed by atoms with Gasteiger partial charge in [0.15, 0.2) is 0 Å². The van der Waals surface area contributed by atoms with E-state index in [0.717, 1.165) is 43.8 Å². The number of H-pyrrole nitrogens is 1. The van der Waals surface area contributed by atoms with Crippen LogP contribution in [0.1, 0.15) is 28.4 Å². The van der Waals surface area contributed by atoms with Gasteiger partial charge in [-0.05, 0) is 38.0 Å². The van der Waals surface area contributed by atoms with Crippen molar-refractivity contribution in [2.24, 2.45) is 0 Å². The lowest BCUT2D eigenvalue weighted by Crippen LogP contribution is -2.07. The highest BCUT2D eigenvalue weighted by atomic mass is 35.5. The Morgan fingerprint density at radius 3 is 2.72 bits per heavy atom. The minimum atomic E-state index is -0.448. The van der Waals surface area contributed by atoms with Crippen molar-refractivity contribution in [3.05, 3.63) is 52.2 Å². The second-order valence-electron chi connectivity index (χ2n) is 6.10. The van der Waals surface area contributed by atoms with Gasteiger partial charge in [0.2, 0.25) is 0 Å². The van der Waals surface area contributed by atoms with Crippen molar-refractivity contribution in [2.45, 2.75) is 20.8 Å². The Morgan fingerprint density at radius 1 is 1.20 bits per heavy atom. The molecule has 0 fully saturated rings. The normalized spacial score (nSPS) is 11.5. The van der Waals surface area contributed by atoms with Crippen LogP contribution in [-0.2, 0) is 4.74 Å². The second kappa shape index (κ2) is 5.74. The Bertz CT molecular complexity index is 1160. The van der Waals surface area contributed by atoms with Crippen molar-refractivity contribution < 1.29 is 9.53 Å². The summed E-state index contributed by atoms with van der Waals surface area (Å²) in [5, 5.41) is 3.49. The average Bonchev–Trinajstić information content (AvgIpc) is 2.99. The predicted molar refractivity (Wildman–Crippen MR) is 102 cm³/mol. The van der Waals surface area contributed by atoms with Crippen LogP contribution in [0.3, 0.4) is 0 Å². The number of carbonyl (C=O) groups excluding carboxylic acids is 1. The summed E-state index contributed by atoms with van der Waals surface area (Å²) in [6.07, 6.45) is 1.51. The maximum absolute atomic E-state index is 12.2. The number of nitrogens with one attached hydrogen (secondary N) is 1. The van der Waals surface area contributed by atoms with Gasteiger partial charge in [0, 0.05) is 27.9 Å². The van der Waals surface area contributed by atoms with Gasteiger partial charge in [-0.3, -0.25) is 4.98 Å². The second-order valence-corrected chi connectivity index (χ2v) is 6.48. The molecule has 0 atom stereocenters. The molecule has 126 valence electrons. The van der Waals surface area contributed by atoms with Crippen molar-refractivity contribution in [3.63, 3.8) is 0 Å². The van der Waals surface area contributed by atoms with Crippen LogP contribution in [0, 0.1) is 13.8 Å². The van der Waals surface area contributed by atoms with Crippen LogP contribution in [0.2, 0.25) is 5.02 Å². The molecule has 4 nitrogen and oxygen atoms in total. The average molecular weight is 353 g/mol. The molecule has 2 aromatic carbocycles. The number of halogens is 1. The zero-order chi connectivity index (χ0) is 17.7. The number of ether oxygens (including phenoxy) is 1. The molecule has 0 saturated heterocycles. The Balaban J connectivity index is 2.15. The molecule has 25 heavy (non-hydrogen) atoms. The first-order valence-corrected chi connectivity index (χ1v) is 8.57. The van der Waals surface area contributed by atoms with E-state index in [4.69, 9.17) is 16.3 Å². The van der Waals surface area contributed by atoms with E-state index in [9.17, 15) is 4.79 Å². The minimum Gasteiger partial charge on any atom is -0.462 e. The fourth-order valence-corrected chi connectivity index (χ4v) is 3.88. The van der Waals surface area contributed by atoms with Crippen LogP contribution < -0.4 is 0 Å². The van der Waals surface area contributed by atoms with Crippen LogP contribution >= 0.6 is 11.6 Å². The van der Waals surface area contributed by atoms with Crippen LogP contribution in [0.25, 0.3) is 32.7 Å². The van der Waals surface area contributed by atoms with Gasteiger partial charge in [-0.1, -0.05) is 29.8 Å². The molecule has 0 aliphatic rings. The van der Waals surface area contributed by atoms with E-state index in [1.807, 2.05) is 26.0 Å². The van der Waals surface area contributed by atoms with E-state index < -0.39 is 5.97 Å². The molecule has 0 aliphatic heterocycles. The molecule has 1 N–H and O–H groups in total. The number of carbonyl (C=O) groups is 1. The van der Waals surface area contributed by atoms with Gasteiger partial charge in [-0.15, -0.1) is 0 Å². The summed E-state index contributed by atoms with van der Waals surface area (Å²) >= 11 is 6.59. The summed E-state index contributed by atoms with van der Waals surface area (Å²) < 4.78 is 5.09. The molecule has 4 rings (SSSR count). The van der Waals surface area contributed by atoms with Gasteiger partial charge >= 0.3 is 5.97 Å². The number of rotatable bonds is 2. The first kappa shape index (κ1) is 15.9. The molecule has 0 amide bonds. The number of pyridine rings is 1. The quantitative estimate of drug-likeness (QED) is 0.497. The standard InChI is InChI=1S/C20H17ClN2O2/c1-4-25-20(24)13-9-22-18-10(2)15-12-7-5-6-8-14(12)23-19(15)11(3)16(18)17(13)21/h5-9,23H,4H2,1-3H3. The lowest BCUT2D eigenvalue weighted by molar-refractivity contribution is 0.0526. The highest BCUT2D eigenvalue weighted by Crippen LogP contribution is 2.39. The number of hydrogen-bond donors (Lipinski definition) is 1. The number of para-hydroxylation sites is 1. The van der Waals surface area contributed by atoms with E-state index in [-0.39, 0.29) is 0 Å². The SMILES string of the molecule is CCOC(=O)c1cnc2c(C)c3c([nH]c4ccccc43)c(C)c2c1Cl. The summed E-state index contributed by atoms with van der Waals surface area (Å²) in [4.78, 5) is 20.2. The fourth-order valence-electron chi connectivity index (χ4n) is 3.52. The first-order chi connectivity index (χ1) is 12.0. The van der Waals surface area contributed by atoms with Crippen LogP contribution in [-0.4, -0.2) is 22.5 Å². The molecule has 0 bridgehead atoms. The zero-order valence-corrected chi connectivity index (χ0v) is 15.0. The van der Waals surface area contributed by atoms with Crippen LogP contribution in [0.4, 0.5) is 0 Å². The van der Waals surface area contributed by atoms with Crippen LogP contribution in [0.5, 0.6) is 0 Å². The number of fused-ring (bicyclic) bond motifs is 4. The largest absolute Gasteiger partial charge is 0.462 e. The van der Waals surface area contributed by atoms with E-state index >= 15 is 0 Å². The highest BCUT2D eigenvalue weighted by Gasteiger charge is 2.21. The lowest BCUT2D eigenvalue weighted by Gasteiger charge is -2.12. The van der Waals surface area contributed by atoms with Gasteiger partial charge in [0.1, 0.15) is 0 Å². The molecule has 0 radical (unpaired) electrons. The monoisotopic (exact) mass is 352 g/mol. The molecule has 2 heterocycles. The number of esters is 1. The summed E-state index contributed by atoms with van der Waals surface area (Å²) in [6, 6.07) is 8.18. The molecule has 0 saturated carbocycles. The topological polar surface area (TPSA) is 55.0 Å². The molecule has 0 unspecified atom stereocenters. The summed E-state index contributed by atoms with van der Waals surface area (Å²) in [6.45, 7) is 6.11. The number of nitrogens with zero attached hydrogens (tertiary/aromatic N) is 1. The van der Waals surface area contributed by atoms with Crippen LogP contribution in [0.15, 0.2) is 30.5 Å². The third-order valence-electron chi connectivity index (χ3n) is 4.70. The van der Waals surface area contributed by atoms with E-state index in [1.165, 1.54) is 6.20 Å². The van der Waals surface area contributed by atoms with Gasteiger partial charge in [-0.2, -0.15) is 0 Å². The van der Waals surface area contributed by atoms with Crippen molar-refractivity contribution in [2.75, 3.05) is 6.61 Å². The van der Waals surface area contributed by atoms with Crippen molar-refractivity contribution in [3.8, 4) is 0 Å². The Labute approximate surface area is 149 Å². The predicted octanol–water partition coefficient (Wildman–Crippen LogP) is 5.32. The minimum absolute atomic E-state index is 0.298. The number of aromatic amines is 1. The summed E-state index contributed by atoms with van der Waals surface area (Å²) in [5.74, 6) is -0.448. The van der Waals surface area contributed by atoms with E-state index in [0.29, 0.717) is 17.2 Å². The highest BCUT2D eigenvalue weighted by molar-refractivity contribution is 6.39. The number of hydrogen-bond acceptors (Lipinski definition) is 3. The van der Waals surface area contributed by atoms with Crippen molar-refractivity contribution in [1.29, 1.82) is 0 Å². The number of aromatic nitrogens is 2. The maximum atomic E-state index is 12.2. The summed E-state index contributed by atoms with van der Waals surface area (Å²) in [7, 11) is 0. The Morgan fingerprint density at radius 2 is 1.96 bits per heavy atom. The molecule has 0 aliphatic carbocycles. The molecular weight excluding hydrogens is 336 g/mol. The molecule has 4 aromatic rings. The summed E-state index contributed by atoms with van der Waals surface area (Å²) in [5.41, 5.74) is 5.24. The Kier molecular flexibility index (Phi) is 3.65. The van der Waals surface area contributed by atoms with Gasteiger partial charge in [-0.25, -0.2) is 4.79 Å². The van der Waals surface area contributed by atoms with Crippen molar-refractivity contribution >= 4 is 50.3 Å². The van der Waals surface area contributed by atoms with Crippen molar-refractivity contribution in [1.82, 2.24) is 9.97 Å². The maximum Gasteiger partial charge on any atom is 0.341 e. The van der Waals surface area contributed by atoms with Gasteiger partial charge in [0.05, 0.1) is 28.2 Å². The molecular formula is C20H17ClN2O2. The molecule has 2 aromatic heterocycles. The zero-order valence-electron chi connectivity index (χ0n) is 14.2.